The summed E-state index contributed by atoms with van der Waals surface area (Å²) in [6.45, 7) is 9.42. The van der Waals surface area contributed by atoms with E-state index in [-0.39, 0.29) is 0 Å². The second-order valence-corrected chi connectivity index (χ2v) is 6.72. The summed E-state index contributed by atoms with van der Waals surface area (Å²) in [5.74, 6) is 0.985. The first kappa shape index (κ1) is 15.6. The van der Waals surface area contributed by atoms with E-state index in [4.69, 9.17) is 9.15 Å². The molecule has 3 nitrogen and oxygen atoms in total. The highest BCUT2D eigenvalue weighted by Gasteiger charge is 2.27. The quantitative estimate of drug-likeness (QED) is 0.757. The molecule has 1 heterocycles. The molecule has 0 aliphatic heterocycles. The SMILES string of the molecule is CCCNCc1ccoc1COC1CCC(C)(C)CC1. The van der Waals surface area contributed by atoms with Crippen LogP contribution in [0.2, 0.25) is 0 Å². The van der Waals surface area contributed by atoms with Crippen molar-refractivity contribution in [1.82, 2.24) is 5.32 Å². The Hall–Kier alpha value is -0.800. The average Bonchev–Trinajstić information content (AvgIpc) is 2.85. The molecule has 1 aliphatic carbocycles. The number of furan rings is 1. The van der Waals surface area contributed by atoms with Gasteiger partial charge in [0.05, 0.1) is 12.4 Å². The number of rotatable bonds is 7. The summed E-state index contributed by atoms with van der Waals surface area (Å²) in [5, 5.41) is 3.41. The van der Waals surface area contributed by atoms with Gasteiger partial charge in [-0.05, 0) is 50.1 Å². The third-order valence-electron chi connectivity index (χ3n) is 4.32. The molecule has 114 valence electrons. The fraction of sp³-hybridized carbons (Fsp3) is 0.765. The average molecular weight is 279 g/mol. The van der Waals surface area contributed by atoms with Crippen molar-refractivity contribution in [3.8, 4) is 0 Å². The van der Waals surface area contributed by atoms with Gasteiger partial charge < -0.3 is 14.5 Å². The molecule has 1 fully saturated rings. The van der Waals surface area contributed by atoms with Gasteiger partial charge in [-0.3, -0.25) is 0 Å². The van der Waals surface area contributed by atoms with Gasteiger partial charge in [-0.15, -0.1) is 0 Å². The number of hydrogen-bond acceptors (Lipinski definition) is 3. The lowest BCUT2D eigenvalue weighted by atomic mass is 9.76. The highest BCUT2D eigenvalue weighted by Crippen LogP contribution is 2.36. The van der Waals surface area contributed by atoms with E-state index < -0.39 is 0 Å². The molecule has 0 bridgehead atoms. The highest BCUT2D eigenvalue weighted by atomic mass is 16.5. The van der Waals surface area contributed by atoms with Gasteiger partial charge in [0.2, 0.25) is 0 Å². The molecular weight excluding hydrogens is 250 g/mol. The van der Waals surface area contributed by atoms with Crippen LogP contribution in [0, 0.1) is 5.41 Å². The van der Waals surface area contributed by atoms with E-state index in [9.17, 15) is 0 Å². The Morgan fingerprint density at radius 1 is 1.35 bits per heavy atom. The number of nitrogens with one attached hydrogen (secondary N) is 1. The van der Waals surface area contributed by atoms with Crippen LogP contribution in [-0.4, -0.2) is 12.6 Å². The fourth-order valence-electron chi connectivity index (χ4n) is 2.78. The summed E-state index contributed by atoms with van der Waals surface area (Å²) in [6.07, 6.45) is 8.22. The zero-order valence-electron chi connectivity index (χ0n) is 13.2. The van der Waals surface area contributed by atoms with Crippen LogP contribution >= 0.6 is 0 Å². The van der Waals surface area contributed by atoms with Gasteiger partial charge in [-0.1, -0.05) is 20.8 Å². The fourth-order valence-corrected chi connectivity index (χ4v) is 2.78. The van der Waals surface area contributed by atoms with E-state index in [0.717, 1.165) is 25.3 Å². The summed E-state index contributed by atoms with van der Waals surface area (Å²) in [5.41, 5.74) is 1.73. The summed E-state index contributed by atoms with van der Waals surface area (Å²) in [6, 6.07) is 2.05. The number of ether oxygens (including phenoxy) is 1. The van der Waals surface area contributed by atoms with Crippen molar-refractivity contribution in [2.24, 2.45) is 5.41 Å². The van der Waals surface area contributed by atoms with Crippen LogP contribution in [0.1, 0.15) is 64.2 Å². The number of hydrogen-bond donors (Lipinski definition) is 1. The molecule has 0 unspecified atom stereocenters. The van der Waals surface area contributed by atoms with E-state index in [2.05, 4.69) is 26.1 Å². The molecule has 1 saturated carbocycles. The van der Waals surface area contributed by atoms with Gasteiger partial charge in [0.1, 0.15) is 12.4 Å². The van der Waals surface area contributed by atoms with E-state index >= 15 is 0 Å². The van der Waals surface area contributed by atoms with Crippen molar-refractivity contribution < 1.29 is 9.15 Å². The maximum Gasteiger partial charge on any atom is 0.133 e. The third kappa shape index (κ3) is 4.64. The Morgan fingerprint density at radius 2 is 2.10 bits per heavy atom. The standard InChI is InChI=1S/C17H29NO2/c1-4-10-18-12-14-7-11-19-16(14)13-20-15-5-8-17(2,3)9-6-15/h7,11,15,18H,4-6,8-10,12-13H2,1-3H3. The van der Waals surface area contributed by atoms with E-state index in [0.29, 0.717) is 18.1 Å². The maximum atomic E-state index is 6.05. The predicted molar refractivity (Wildman–Crippen MR) is 81.5 cm³/mol. The van der Waals surface area contributed by atoms with Gasteiger partial charge in [0, 0.05) is 12.1 Å². The van der Waals surface area contributed by atoms with Crippen molar-refractivity contribution in [1.29, 1.82) is 0 Å². The molecule has 1 N–H and O–H groups in total. The van der Waals surface area contributed by atoms with Gasteiger partial charge in [-0.2, -0.15) is 0 Å². The molecule has 0 saturated heterocycles. The smallest absolute Gasteiger partial charge is 0.133 e. The topological polar surface area (TPSA) is 34.4 Å². The predicted octanol–water partition coefficient (Wildman–Crippen LogP) is 4.26. The van der Waals surface area contributed by atoms with Crippen molar-refractivity contribution >= 4 is 0 Å². The molecule has 0 spiro atoms. The van der Waals surface area contributed by atoms with Crippen molar-refractivity contribution in [2.75, 3.05) is 6.54 Å². The Bertz CT molecular complexity index is 387. The minimum absolute atomic E-state index is 0.407. The lowest BCUT2D eigenvalue weighted by Gasteiger charge is -2.34. The summed E-state index contributed by atoms with van der Waals surface area (Å²) >= 11 is 0. The van der Waals surface area contributed by atoms with Crippen LogP contribution in [0.3, 0.4) is 0 Å². The highest BCUT2D eigenvalue weighted by molar-refractivity contribution is 5.16. The molecule has 0 aromatic carbocycles. The molecule has 3 heteroatoms. The van der Waals surface area contributed by atoms with Crippen LogP contribution in [0.4, 0.5) is 0 Å². The van der Waals surface area contributed by atoms with Crippen LogP contribution in [-0.2, 0) is 17.9 Å². The van der Waals surface area contributed by atoms with Gasteiger partial charge in [0.25, 0.3) is 0 Å². The van der Waals surface area contributed by atoms with Crippen LogP contribution < -0.4 is 5.32 Å². The molecule has 0 atom stereocenters. The Morgan fingerprint density at radius 3 is 2.80 bits per heavy atom. The summed E-state index contributed by atoms with van der Waals surface area (Å²) < 4.78 is 11.6. The second-order valence-electron chi connectivity index (χ2n) is 6.72. The van der Waals surface area contributed by atoms with Crippen LogP contribution in [0.5, 0.6) is 0 Å². The first-order valence-corrected chi connectivity index (χ1v) is 7.98. The largest absolute Gasteiger partial charge is 0.467 e. The minimum Gasteiger partial charge on any atom is -0.467 e. The normalized spacial score (nSPS) is 19.4. The molecule has 1 aromatic heterocycles. The first-order valence-electron chi connectivity index (χ1n) is 7.98. The van der Waals surface area contributed by atoms with Crippen molar-refractivity contribution in [3.05, 3.63) is 23.7 Å². The third-order valence-corrected chi connectivity index (χ3v) is 4.32. The first-order chi connectivity index (χ1) is 9.61. The lowest BCUT2D eigenvalue weighted by Crippen LogP contribution is -2.26. The van der Waals surface area contributed by atoms with E-state index in [1.807, 2.05) is 6.07 Å². The second kappa shape index (κ2) is 7.28. The van der Waals surface area contributed by atoms with Crippen LogP contribution in [0.25, 0.3) is 0 Å². The lowest BCUT2D eigenvalue weighted by molar-refractivity contribution is -0.0124. The summed E-state index contributed by atoms with van der Waals surface area (Å²) in [7, 11) is 0. The van der Waals surface area contributed by atoms with Gasteiger partial charge in [-0.25, -0.2) is 0 Å². The monoisotopic (exact) mass is 279 g/mol. The maximum absolute atomic E-state index is 6.05. The van der Waals surface area contributed by atoms with Gasteiger partial charge in [0.15, 0.2) is 0 Å². The van der Waals surface area contributed by atoms with Gasteiger partial charge >= 0.3 is 0 Å². The summed E-state index contributed by atoms with van der Waals surface area (Å²) in [4.78, 5) is 0. The molecule has 0 amide bonds. The minimum atomic E-state index is 0.407. The van der Waals surface area contributed by atoms with Crippen molar-refractivity contribution in [3.63, 3.8) is 0 Å². The molecule has 2 rings (SSSR count). The molecule has 20 heavy (non-hydrogen) atoms. The molecule has 1 aromatic rings. The zero-order valence-corrected chi connectivity index (χ0v) is 13.2. The Labute approximate surface area is 123 Å². The zero-order chi connectivity index (χ0) is 14.4. The molecular formula is C17H29NO2. The molecule has 0 radical (unpaired) electrons. The van der Waals surface area contributed by atoms with E-state index in [1.54, 1.807) is 6.26 Å². The molecule has 1 aliphatic rings. The Balaban J connectivity index is 1.75. The van der Waals surface area contributed by atoms with E-state index in [1.165, 1.54) is 31.2 Å². The van der Waals surface area contributed by atoms with Crippen molar-refractivity contribution in [2.45, 2.75) is 72.1 Å². The Kier molecular flexibility index (Phi) is 5.67. The van der Waals surface area contributed by atoms with Crippen LogP contribution in [0.15, 0.2) is 16.7 Å².